The van der Waals surface area contributed by atoms with Gasteiger partial charge in [0.2, 0.25) is 0 Å². The van der Waals surface area contributed by atoms with Crippen LogP contribution in [0.4, 0.5) is 4.39 Å². The fraction of sp³-hybridized carbons (Fsp3) is 0.250. The Bertz CT molecular complexity index is 186. The lowest BCUT2D eigenvalue weighted by molar-refractivity contribution is 0.345. The molecular formula is C8H9FN. The molecule has 1 radical (unpaired) electrons. The Morgan fingerprint density at radius 3 is 3.00 bits per heavy atom. The van der Waals surface area contributed by atoms with E-state index in [-0.39, 0.29) is 6.42 Å². The number of pyridine rings is 1. The van der Waals surface area contributed by atoms with Gasteiger partial charge in [-0.15, -0.1) is 0 Å². The SMILES string of the molecule is [CH2]CC(F)c1cccnc1. The van der Waals surface area contributed by atoms with E-state index < -0.39 is 6.17 Å². The fourth-order valence-electron chi connectivity index (χ4n) is 0.728. The van der Waals surface area contributed by atoms with Gasteiger partial charge in [0.05, 0.1) is 0 Å². The molecule has 0 amide bonds. The number of rotatable bonds is 2. The molecule has 0 spiro atoms. The van der Waals surface area contributed by atoms with Crippen LogP contribution in [0.3, 0.4) is 0 Å². The zero-order valence-electron chi connectivity index (χ0n) is 5.63. The number of hydrogen-bond donors (Lipinski definition) is 0. The summed E-state index contributed by atoms with van der Waals surface area (Å²) in [5.74, 6) is 0. The van der Waals surface area contributed by atoms with Crippen molar-refractivity contribution >= 4 is 0 Å². The van der Waals surface area contributed by atoms with Crippen molar-refractivity contribution in [1.82, 2.24) is 4.98 Å². The molecule has 0 fully saturated rings. The number of nitrogens with zero attached hydrogens (tertiary/aromatic N) is 1. The molecule has 2 heteroatoms. The van der Waals surface area contributed by atoms with Crippen molar-refractivity contribution in [2.75, 3.05) is 0 Å². The maximum atomic E-state index is 12.8. The molecule has 0 saturated carbocycles. The second-order valence-electron chi connectivity index (χ2n) is 2.04. The lowest BCUT2D eigenvalue weighted by atomic mass is 10.1. The highest BCUT2D eigenvalue weighted by Crippen LogP contribution is 2.18. The highest BCUT2D eigenvalue weighted by Gasteiger charge is 2.04. The molecule has 53 valence electrons. The van der Waals surface area contributed by atoms with Gasteiger partial charge in [0, 0.05) is 18.0 Å². The molecule has 1 nitrogen and oxygen atoms in total. The van der Waals surface area contributed by atoms with Crippen LogP contribution in [0.1, 0.15) is 18.2 Å². The van der Waals surface area contributed by atoms with Gasteiger partial charge in [-0.2, -0.15) is 0 Å². The monoisotopic (exact) mass is 138 g/mol. The van der Waals surface area contributed by atoms with Crippen molar-refractivity contribution < 1.29 is 4.39 Å². The maximum absolute atomic E-state index is 12.8. The predicted octanol–water partition coefficient (Wildman–Crippen LogP) is 2.32. The number of hydrogen-bond acceptors (Lipinski definition) is 1. The van der Waals surface area contributed by atoms with Crippen molar-refractivity contribution in [3.8, 4) is 0 Å². The van der Waals surface area contributed by atoms with Gasteiger partial charge >= 0.3 is 0 Å². The molecule has 0 bridgehead atoms. The molecule has 0 N–H and O–H groups in total. The first-order valence-electron chi connectivity index (χ1n) is 3.18. The molecule has 0 aliphatic carbocycles. The normalized spacial score (nSPS) is 13.0. The summed E-state index contributed by atoms with van der Waals surface area (Å²) < 4.78 is 12.8. The van der Waals surface area contributed by atoms with Crippen LogP contribution in [-0.2, 0) is 0 Å². The molecule has 1 atom stereocenters. The van der Waals surface area contributed by atoms with Gasteiger partial charge in [-0.1, -0.05) is 13.0 Å². The number of alkyl halides is 1. The first-order valence-corrected chi connectivity index (χ1v) is 3.18. The maximum Gasteiger partial charge on any atom is 0.127 e. The molecule has 10 heavy (non-hydrogen) atoms. The molecule has 1 rings (SSSR count). The molecule has 0 aliphatic rings. The van der Waals surface area contributed by atoms with E-state index in [0.29, 0.717) is 5.56 Å². The van der Waals surface area contributed by atoms with Crippen LogP contribution in [0.2, 0.25) is 0 Å². The van der Waals surface area contributed by atoms with Crippen molar-refractivity contribution in [3.05, 3.63) is 37.0 Å². The lowest BCUT2D eigenvalue weighted by Crippen LogP contribution is -1.88. The van der Waals surface area contributed by atoms with E-state index in [1.54, 1.807) is 18.3 Å². The van der Waals surface area contributed by atoms with E-state index in [9.17, 15) is 4.39 Å². The third-order valence-electron chi connectivity index (χ3n) is 1.30. The van der Waals surface area contributed by atoms with Gasteiger partial charge in [0.1, 0.15) is 6.17 Å². The summed E-state index contributed by atoms with van der Waals surface area (Å²) in [6, 6.07) is 3.43. The Morgan fingerprint density at radius 2 is 2.50 bits per heavy atom. The predicted molar refractivity (Wildman–Crippen MR) is 38.1 cm³/mol. The third kappa shape index (κ3) is 1.53. The summed E-state index contributed by atoms with van der Waals surface area (Å²) in [6.45, 7) is 3.46. The van der Waals surface area contributed by atoms with E-state index in [0.717, 1.165) is 0 Å². The topological polar surface area (TPSA) is 12.9 Å². The summed E-state index contributed by atoms with van der Waals surface area (Å²) in [4.78, 5) is 3.79. The molecule has 0 aliphatic heterocycles. The Balaban J connectivity index is 2.75. The van der Waals surface area contributed by atoms with Crippen LogP contribution >= 0.6 is 0 Å². The van der Waals surface area contributed by atoms with Gasteiger partial charge < -0.3 is 0 Å². The van der Waals surface area contributed by atoms with Crippen LogP contribution < -0.4 is 0 Å². The Morgan fingerprint density at radius 1 is 1.70 bits per heavy atom. The highest BCUT2D eigenvalue weighted by molar-refractivity contribution is 5.11. The fourth-order valence-corrected chi connectivity index (χ4v) is 0.728. The van der Waals surface area contributed by atoms with Crippen molar-refractivity contribution in [2.45, 2.75) is 12.6 Å². The minimum absolute atomic E-state index is 0.270. The van der Waals surface area contributed by atoms with Gasteiger partial charge in [0.25, 0.3) is 0 Å². The van der Waals surface area contributed by atoms with Crippen LogP contribution in [-0.4, -0.2) is 4.98 Å². The zero-order chi connectivity index (χ0) is 7.40. The molecule has 1 aromatic rings. The molecule has 1 heterocycles. The second kappa shape index (κ2) is 3.30. The molecule has 1 unspecified atom stereocenters. The average Bonchev–Trinajstić information content (AvgIpc) is 2.05. The molecule has 0 saturated heterocycles. The zero-order valence-corrected chi connectivity index (χ0v) is 5.63. The lowest BCUT2D eigenvalue weighted by Gasteiger charge is -2.01. The summed E-state index contributed by atoms with van der Waals surface area (Å²) >= 11 is 0. The van der Waals surface area contributed by atoms with E-state index in [2.05, 4.69) is 11.9 Å². The first kappa shape index (κ1) is 7.19. The first-order chi connectivity index (χ1) is 4.84. The van der Waals surface area contributed by atoms with E-state index in [4.69, 9.17) is 0 Å². The Labute approximate surface area is 59.9 Å². The van der Waals surface area contributed by atoms with Gasteiger partial charge in [-0.25, -0.2) is 4.39 Å². The van der Waals surface area contributed by atoms with Gasteiger partial charge in [-0.3, -0.25) is 4.98 Å². The summed E-state index contributed by atoms with van der Waals surface area (Å²) in [7, 11) is 0. The third-order valence-corrected chi connectivity index (χ3v) is 1.30. The largest absolute Gasteiger partial charge is 0.264 e. The molecular weight excluding hydrogens is 129 g/mol. The Kier molecular flexibility index (Phi) is 2.37. The minimum Gasteiger partial charge on any atom is -0.264 e. The Hall–Kier alpha value is -0.920. The standard InChI is InChI=1S/C8H9FN/c1-2-8(9)7-4-3-5-10-6-7/h3-6,8H,1-2H2. The van der Waals surface area contributed by atoms with Crippen LogP contribution in [0.15, 0.2) is 24.5 Å². The van der Waals surface area contributed by atoms with Crippen molar-refractivity contribution in [1.29, 1.82) is 0 Å². The van der Waals surface area contributed by atoms with Gasteiger partial charge in [-0.05, 0) is 12.5 Å². The van der Waals surface area contributed by atoms with E-state index in [1.807, 2.05) is 0 Å². The van der Waals surface area contributed by atoms with E-state index in [1.165, 1.54) is 6.20 Å². The summed E-state index contributed by atoms with van der Waals surface area (Å²) in [6.07, 6.45) is 2.45. The van der Waals surface area contributed by atoms with Crippen LogP contribution in [0.5, 0.6) is 0 Å². The van der Waals surface area contributed by atoms with E-state index >= 15 is 0 Å². The second-order valence-corrected chi connectivity index (χ2v) is 2.04. The van der Waals surface area contributed by atoms with Crippen molar-refractivity contribution in [3.63, 3.8) is 0 Å². The smallest absolute Gasteiger partial charge is 0.127 e. The summed E-state index contributed by atoms with van der Waals surface area (Å²) in [5, 5.41) is 0. The minimum atomic E-state index is -0.964. The number of halogens is 1. The highest BCUT2D eigenvalue weighted by atomic mass is 19.1. The average molecular weight is 138 g/mol. The summed E-state index contributed by atoms with van der Waals surface area (Å²) in [5.41, 5.74) is 0.609. The van der Waals surface area contributed by atoms with Crippen LogP contribution in [0, 0.1) is 6.92 Å². The van der Waals surface area contributed by atoms with Crippen LogP contribution in [0.25, 0.3) is 0 Å². The molecule has 0 aromatic carbocycles. The number of aromatic nitrogens is 1. The van der Waals surface area contributed by atoms with Crippen molar-refractivity contribution in [2.24, 2.45) is 0 Å². The van der Waals surface area contributed by atoms with Gasteiger partial charge in [0.15, 0.2) is 0 Å². The quantitative estimate of drug-likeness (QED) is 0.611. The molecule has 1 aromatic heterocycles.